The standard InChI is InChI=1S/C18H17NO3S3/c1-12-5-6-13(2)17(10-12)25(21,22)19-11-14-7-8-16(24-14)18(20)15-4-3-9-23-15/h3-10,19H,11H2,1-2H3. The average Bonchev–Trinajstić information content (AvgIpc) is 3.26. The van der Waals surface area contributed by atoms with Crippen LogP contribution in [0.3, 0.4) is 0 Å². The maximum atomic E-state index is 12.5. The van der Waals surface area contributed by atoms with E-state index in [1.54, 1.807) is 37.3 Å². The molecule has 0 saturated carbocycles. The van der Waals surface area contributed by atoms with E-state index in [0.717, 1.165) is 10.4 Å². The van der Waals surface area contributed by atoms with E-state index in [9.17, 15) is 13.2 Å². The number of sulfonamides is 1. The van der Waals surface area contributed by atoms with Crippen LogP contribution in [-0.4, -0.2) is 14.2 Å². The summed E-state index contributed by atoms with van der Waals surface area (Å²) < 4.78 is 27.7. The zero-order valence-corrected chi connectivity index (χ0v) is 16.2. The Labute approximate surface area is 155 Å². The molecule has 7 heteroatoms. The van der Waals surface area contributed by atoms with Crippen LogP contribution in [0.15, 0.2) is 52.7 Å². The van der Waals surface area contributed by atoms with Gasteiger partial charge in [-0.1, -0.05) is 18.2 Å². The average molecular weight is 392 g/mol. The zero-order chi connectivity index (χ0) is 18.0. The molecule has 3 rings (SSSR count). The first-order chi connectivity index (χ1) is 11.9. The van der Waals surface area contributed by atoms with Crippen molar-refractivity contribution in [3.8, 4) is 0 Å². The number of rotatable bonds is 6. The quantitative estimate of drug-likeness (QED) is 0.643. The van der Waals surface area contributed by atoms with Crippen molar-refractivity contribution in [3.05, 3.63) is 73.6 Å². The Balaban J connectivity index is 1.74. The van der Waals surface area contributed by atoms with Crippen molar-refractivity contribution in [1.29, 1.82) is 0 Å². The van der Waals surface area contributed by atoms with Crippen LogP contribution in [0, 0.1) is 13.8 Å². The molecule has 2 aromatic heterocycles. The first-order valence-electron chi connectivity index (χ1n) is 7.60. The summed E-state index contributed by atoms with van der Waals surface area (Å²) in [4.78, 5) is 14.7. The smallest absolute Gasteiger partial charge is 0.241 e. The van der Waals surface area contributed by atoms with Gasteiger partial charge in [0.25, 0.3) is 0 Å². The van der Waals surface area contributed by atoms with Crippen molar-refractivity contribution in [1.82, 2.24) is 4.72 Å². The molecule has 0 saturated heterocycles. The SMILES string of the molecule is Cc1ccc(C)c(S(=O)(=O)NCc2ccc(C(=O)c3cccs3)s2)c1. The number of ketones is 1. The Hall–Kier alpha value is -1.80. The third-order valence-corrected chi connectivity index (χ3v) is 7.20. The van der Waals surface area contributed by atoms with Crippen molar-refractivity contribution in [3.63, 3.8) is 0 Å². The first kappa shape index (κ1) is 18.0. The minimum absolute atomic E-state index is 0.0244. The molecule has 0 unspecified atom stereocenters. The fraction of sp³-hybridized carbons (Fsp3) is 0.167. The first-order valence-corrected chi connectivity index (χ1v) is 10.8. The molecule has 0 aliphatic heterocycles. The highest BCUT2D eigenvalue weighted by atomic mass is 32.2. The van der Waals surface area contributed by atoms with Crippen molar-refractivity contribution in [2.75, 3.05) is 0 Å². The predicted octanol–water partition coefficient (Wildman–Crippen LogP) is 4.14. The third kappa shape index (κ3) is 4.07. The van der Waals surface area contributed by atoms with Crippen LogP contribution in [0.25, 0.3) is 0 Å². The van der Waals surface area contributed by atoms with Crippen molar-refractivity contribution in [2.45, 2.75) is 25.3 Å². The van der Waals surface area contributed by atoms with E-state index >= 15 is 0 Å². The molecule has 2 heterocycles. The second-order valence-electron chi connectivity index (χ2n) is 5.67. The molecule has 1 N–H and O–H groups in total. The number of aryl methyl sites for hydroxylation is 2. The van der Waals surface area contributed by atoms with Gasteiger partial charge in [-0.15, -0.1) is 22.7 Å². The van der Waals surface area contributed by atoms with Gasteiger partial charge in [-0.2, -0.15) is 0 Å². The maximum absolute atomic E-state index is 12.5. The number of hydrogen-bond donors (Lipinski definition) is 1. The summed E-state index contributed by atoms with van der Waals surface area (Å²) in [5.74, 6) is -0.0244. The molecule has 0 amide bonds. The molecule has 0 spiro atoms. The molecule has 3 aromatic rings. The second-order valence-corrected chi connectivity index (χ2v) is 9.52. The van der Waals surface area contributed by atoms with Crippen LogP contribution in [-0.2, 0) is 16.6 Å². The molecule has 0 aliphatic rings. The Morgan fingerprint density at radius 3 is 2.60 bits per heavy atom. The number of nitrogens with one attached hydrogen (secondary N) is 1. The van der Waals surface area contributed by atoms with E-state index in [1.165, 1.54) is 22.7 Å². The molecule has 1 aromatic carbocycles. The van der Waals surface area contributed by atoms with Gasteiger partial charge < -0.3 is 0 Å². The van der Waals surface area contributed by atoms with Crippen molar-refractivity contribution < 1.29 is 13.2 Å². The van der Waals surface area contributed by atoms with E-state index in [2.05, 4.69) is 4.72 Å². The normalized spacial score (nSPS) is 11.6. The molecule has 4 nitrogen and oxygen atoms in total. The Morgan fingerprint density at radius 2 is 1.88 bits per heavy atom. The Bertz CT molecular complexity index is 1000. The Morgan fingerprint density at radius 1 is 1.08 bits per heavy atom. The molecule has 0 fully saturated rings. The van der Waals surface area contributed by atoms with E-state index in [0.29, 0.717) is 20.2 Å². The van der Waals surface area contributed by atoms with Crippen LogP contribution in [0.2, 0.25) is 0 Å². The van der Waals surface area contributed by atoms with Gasteiger partial charge in [-0.3, -0.25) is 4.79 Å². The van der Waals surface area contributed by atoms with Gasteiger partial charge in [0.15, 0.2) is 0 Å². The monoisotopic (exact) mass is 391 g/mol. The summed E-state index contributed by atoms with van der Waals surface area (Å²) in [6.07, 6.45) is 0. The van der Waals surface area contributed by atoms with E-state index in [-0.39, 0.29) is 12.3 Å². The fourth-order valence-corrected chi connectivity index (χ4v) is 5.43. The highest BCUT2D eigenvalue weighted by Gasteiger charge is 2.18. The highest BCUT2D eigenvalue weighted by molar-refractivity contribution is 7.89. The minimum atomic E-state index is -3.59. The lowest BCUT2D eigenvalue weighted by Crippen LogP contribution is -2.23. The Kier molecular flexibility index (Phi) is 5.19. The topological polar surface area (TPSA) is 63.2 Å². The number of thiophene rings is 2. The van der Waals surface area contributed by atoms with Gasteiger partial charge >= 0.3 is 0 Å². The molecule has 0 bridgehead atoms. The molecular weight excluding hydrogens is 374 g/mol. The number of carbonyl (C=O) groups is 1. The number of hydrogen-bond acceptors (Lipinski definition) is 5. The van der Waals surface area contributed by atoms with Gasteiger partial charge in [0.2, 0.25) is 15.8 Å². The largest absolute Gasteiger partial charge is 0.287 e. The van der Waals surface area contributed by atoms with Gasteiger partial charge in [-0.25, -0.2) is 13.1 Å². The lowest BCUT2D eigenvalue weighted by Gasteiger charge is -2.09. The van der Waals surface area contributed by atoms with Crippen LogP contribution in [0.4, 0.5) is 0 Å². The molecule has 0 radical (unpaired) electrons. The van der Waals surface area contributed by atoms with Gasteiger partial charge in [-0.05, 0) is 54.6 Å². The van der Waals surface area contributed by atoms with Gasteiger partial charge in [0.1, 0.15) is 0 Å². The number of benzene rings is 1. The van der Waals surface area contributed by atoms with Gasteiger partial charge in [0.05, 0.1) is 14.6 Å². The highest BCUT2D eigenvalue weighted by Crippen LogP contribution is 2.23. The molecule has 25 heavy (non-hydrogen) atoms. The number of carbonyl (C=O) groups excluding carboxylic acids is 1. The fourth-order valence-electron chi connectivity index (χ4n) is 2.36. The molecule has 130 valence electrons. The van der Waals surface area contributed by atoms with Crippen LogP contribution >= 0.6 is 22.7 Å². The van der Waals surface area contributed by atoms with E-state index in [4.69, 9.17) is 0 Å². The summed E-state index contributed by atoms with van der Waals surface area (Å²) in [6.45, 7) is 3.80. The molecule has 0 aliphatic carbocycles. The van der Waals surface area contributed by atoms with Crippen LogP contribution < -0.4 is 4.72 Å². The molecular formula is C18H17NO3S3. The minimum Gasteiger partial charge on any atom is -0.287 e. The van der Waals surface area contributed by atoms with Gasteiger partial charge in [0, 0.05) is 11.4 Å². The predicted molar refractivity (Wildman–Crippen MR) is 102 cm³/mol. The lowest BCUT2D eigenvalue weighted by molar-refractivity contribution is 0.104. The van der Waals surface area contributed by atoms with Crippen molar-refractivity contribution >= 4 is 38.5 Å². The summed E-state index contributed by atoms with van der Waals surface area (Å²) in [5.41, 5.74) is 1.60. The van der Waals surface area contributed by atoms with Crippen LogP contribution in [0.1, 0.15) is 30.6 Å². The summed E-state index contributed by atoms with van der Waals surface area (Å²) in [7, 11) is -3.59. The molecule has 0 atom stereocenters. The summed E-state index contributed by atoms with van der Waals surface area (Å²) in [5, 5.41) is 1.86. The lowest BCUT2D eigenvalue weighted by atomic mass is 10.2. The summed E-state index contributed by atoms with van der Waals surface area (Å²) in [6, 6.07) is 12.5. The van der Waals surface area contributed by atoms with E-state index < -0.39 is 10.0 Å². The van der Waals surface area contributed by atoms with E-state index in [1.807, 2.05) is 24.4 Å². The second kappa shape index (κ2) is 7.21. The third-order valence-electron chi connectivity index (χ3n) is 3.70. The zero-order valence-electron chi connectivity index (χ0n) is 13.8. The maximum Gasteiger partial charge on any atom is 0.241 e. The summed E-state index contributed by atoms with van der Waals surface area (Å²) >= 11 is 2.71. The van der Waals surface area contributed by atoms with Crippen molar-refractivity contribution in [2.24, 2.45) is 0 Å². The van der Waals surface area contributed by atoms with Crippen LogP contribution in [0.5, 0.6) is 0 Å².